The van der Waals surface area contributed by atoms with Crippen LogP contribution in [0.2, 0.25) is 0 Å². The average molecular weight is 319 g/mol. The third-order valence-corrected chi connectivity index (χ3v) is 4.75. The Labute approximate surface area is 132 Å². The molecule has 2 rings (SSSR count). The number of hydrogen-bond acceptors (Lipinski definition) is 5. The summed E-state index contributed by atoms with van der Waals surface area (Å²) in [7, 11) is 0. The molecule has 21 heavy (non-hydrogen) atoms. The number of rotatable bonds is 6. The van der Waals surface area contributed by atoms with Crippen molar-refractivity contribution in [2.45, 2.75) is 24.6 Å². The van der Waals surface area contributed by atoms with Gasteiger partial charge in [-0.15, -0.1) is 10.2 Å². The average Bonchev–Trinajstić information content (AvgIpc) is 2.92. The third-order valence-electron chi connectivity index (χ3n) is 2.57. The molecule has 110 valence electrons. The molecule has 0 fully saturated rings. The maximum absolute atomic E-state index is 11.8. The van der Waals surface area contributed by atoms with Crippen LogP contribution in [0.3, 0.4) is 0 Å². The van der Waals surface area contributed by atoms with E-state index in [1.807, 2.05) is 31.2 Å². The van der Waals surface area contributed by atoms with Gasteiger partial charge in [-0.2, -0.15) is 0 Å². The molecule has 0 saturated heterocycles. The molecule has 1 N–H and O–H groups in total. The topological polar surface area (TPSA) is 54.9 Å². The molecule has 0 atom stereocenters. The highest BCUT2D eigenvalue weighted by Crippen LogP contribution is 2.25. The van der Waals surface area contributed by atoms with Crippen molar-refractivity contribution in [3.8, 4) is 0 Å². The molecule has 1 aromatic heterocycles. The predicted octanol–water partition coefficient (Wildman–Crippen LogP) is 4.00. The number of nitrogens with one attached hydrogen (secondary N) is 1. The molecule has 0 bridgehead atoms. The zero-order chi connectivity index (χ0) is 15.1. The monoisotopic (exact) mass is 319 g/mol. The number of aromatic nitrogens is 2. The zero-order valence-corrected chi connectivity index (χ0v) is 13.6. The van der Waals surface area contributed by atoms with E-state index in [1.54, 1.807) is 17.8 Å². The minimum atomic E-state index is -0.196. The summed E-state index contributed by atoms with van der Waals surface area (Å²) in [5.41, 5.74) is 2.19. The summed E-state index contributed by atoms with van der Waals surface area (Å²) in [5.74, 6) is 0.814. The van der Waals surface area contributed by atoms with Gasteiger partial charge in [0.15, 0.2) is 4.34 Å². The van der Waals surface area contributed by atoms with E-state index in [4.69, 9.17) is 0 Å². The zero-order valence-electron chi connectivity index (χ0n) is 12.0. The van der Waals surface area contributed by atoms with E-state index in [1.165, 1.54) is 23.0 Å². The lowest BCUT2D eigenvalue weighted by Crippen LogP contribution is -2.07. The fourth-order valence-corrected chi connectivity index (χ4v) is 3.18. The van der Waals surface area contributed by atoms with Crippen LogP contribution >= 0.6 is 23.1 Å². The van der Waals surface area contributed by atoms with Gasteiger partial charge in [-0.1, -0.05) is 59.9 Å². The van der Waals surface area contributed by atoms with Gasteiger partial charge >= 0.3 is 0 Å². The second-order valence-corrected chi connectivity index (χ2v) is 6.77. The molecular formula is C15H17N3OS2. The summed E-state index contributed by atoms with van der Waals surface area (Å²) in [6.45, 7) is 4.15. The van der Waals surface area contributed by atoms with Crippen molar-refractivity contribution in [3.63, 3.8) is 0 Å². The first-order chi connectivity index (χ1) is 10.2. The van der Waals surface area contributed by atoms with Crippen LogP contribution in [0, 0.1) is 6.92 Å². The Morgan fingerprint density at radius 2 is 2.10 bits per heavy atom. The van der Waals surface area contributed by atoms with Crippen LogP contribution in [0.5, 0.6) is 0 Å². The fourth-order valence-electron chi connectivity index (χ4n) is 1.50. The number of aryl methyl sites for hydroxylation is 1. The first-order valence-electron chi connectivity index (χ1n) is 6.69. The number of benzene rings is 1. The first-order valence-corrected chi connectivity index (χ1v) is 8.49. The minimum Gasteiger partial charge on any atom is -0.297 e. The van der Waals surface area contributed by atoms with Crippen LogP contribution in [0.25, 0.3) is 6.08 Å². The molecule has 0 radical (unpaired) electrons. The molecule has 0 unspecified atom stereocenters. The van der Waals surface area contributed by atoms with Crippen LogP contribution in [-0.2, 0) is 4.79 Å². The smallest absolute Gasteiger partial charge is 0.250 e. The van der Waals surface area contributed by atoms with Gasteiger partial charge in [-0.3, -0.25) is 10.1 Å². The number of amides is 1. The highest BCUT2D eigenvalue weighted by molar-refractivity contribution is 8.01. The maximum atomic E-state index is 11.8. The number of carbonyl (C=O) groups is 1. The van der Waals surface area contributed by atoms with Gasteiger partial charge in [-0.25, -0.2) is 0 Å². The van der Waals surface area contributed by atoms with Crippen molar-refractivity contribution in [2.24, 2.45) is 0 Å². The molecule has 1 heterocycles. The number of thioether (sulfide) groups is 1. The molecule has 0 aliphatic rings. The number of carbonyl (C=O) groups excluding carboxylic acids is 1. The second kappa shape index (κ2) is 7.95. The molecular weight excluding hydrogens is 302 g/mol. The first kappa shape index (κ1) is 15.7. The van der Waals surface area contributed by atoms with E-state index in [2.05, 4.69) is 22.4 Å². The van der Waals surface area contributed by atoms with Gasteiger partial charge in [-0.05, 0) is 25.0 Å². The standard InChI is InChI=1S/C15H17N3OS2/c1-3-10-20-15-18-17-14(21-15)16-13(19)9-8-12-6-4-11(2)5-7-12/h4-9H,3,10H2,1-2H3,(H,16,17,19)/b9-8+. The van der Waals surface area contributed by atoms with E-state index < -0.39 is 0 Å². The maximum Gasteiger partial charge on any atom is 0.250 e. The molecule has 4 nitrogen and oxygen atoms in total. The van der Waals surface area contributed by atoms with Crippen molar-refractivity contribution >= 4 is 40.2 Å². The van der Waals surface area contributed by atoms with Crippen LogP contribution in [0.1, 0.15) is 24.5 Å². The van der Waals surface area contributed by atoms with E-state index in [-0.39, 0.29) is 5.91 Å². The SMILES string of the molecule is CCCSc1nnc(NC(=O)/C=C/c2ccc(C)cc2)s1. The highest BCUT2D eigenvalue weighted by atomic mass is 32.2. The van der Waals surface area contributed by atoms with Crippen LogP contribution in [0.4, 0.5) is 5.13 Å². The minimum absolute atomic E-state index is 0.196. The van der Waals surface area contributed by atoms with E-state index in [9.17, 15) is 4.79 Å². The lowest BCUT2D eigenvalue weighted by Gasteiger charge is -1.96. The quantitative estimate of drug-likeness (QED) is 0.497. The van der Waals surface area contributed by atoms with Crippen molar-refractivity contribution < 1.29 is 4.79 Å². The number of anilines is 1. The predicted molar refractivity (Wildman–Crippen MR) is 89.8 cm³/mol. The molecule has 1 aromatic carbocycles. The van der Waals surface area contributed by atoms with Crippen molar-refractivity contribution in [1.29, 1.82) is 0 Å². The second-order valence-electron chi connectivity index (χ2n) is 4.45. The molecule has 0 spiro atoms. The van der Waals surface area contributed by atoms with Gasteiger partial charge in [0.1, 0.15) is 0 Å². The third kappa shape index (κ3) is 5.32. The van der Waals surface area contributed by atoms with Gasteiger partial charge in [0.25, 0.3) is 0 Å². The number of hydrogen-bond donors (Lipinski definition) is 1. The van der Waals surface area contributed by atoms with Crippen LogP contribution in [-0.4, -0.2) is 21.9 Å². The van der Waals surface area contributed by atoms with Crippen molar-refractivity contribution in [1.82, 2.24) is 10.2 Å². The highest BCUT2D eigenvalue weighted by Gasteiger charge is 2.06. The molecule has 2 aromatic rings. The van der Waals surface area contributed by atoms with E-state index >= 15 is 0 Å². The summed E-state index contributed by atoms with van der Waals surface area (Å²) < 4.78 is 0.884. The summed E-state index contributed by atoms with van der Waals surface area (Å²) in [6.07, 6.45) is 4.37. The molecule has 0 aliphatic heterocycles. The van der Waals surface area contributed by atoms with Crippen LogP contribution < -0.4 is 5.32 Å². The Balaban J connectivity index is 1.89. The summed E-state index contributed by atoms with van der Waals surface area (Å²) in [5, 5.41) is 11.2. The van der Waals surface area contributed by atoms with Gasteiger partial charge < -0.3 is 0 Å². The lowest BCUT2D eigenvalue weighted by atomic mass is 10.1. The molecule has 0 saturated carbocycles. The molecule has 0 aliphatic carbocycles. The Hall–Kier alpha value is -1.66. The van der Waals surface area contributed by atoms with Crippen LogP contribution in [0.15, 0.2) is 34.7 Å². The lowest BCUT2D eigenvalue weighted by molar-refractivity contribution is -0.111. The van der Waals surface area contributed by atoms with Crippen molar-refractivity contribution in [2.75, 3.05) is 11.1 Å². The van der Waals surface area contributed by atoms with Crippen molar-refractivity contribution in [3.05, 3.63) is 41.5 Å². The summed E-state index contributed by atoms with van der Waals surface area (Å²) in [6, 6.07) is 7.98. The normalized spacial score (nSPS) is 11.0. The summed E-state index contributed by atoms with van der Waals surface area (Å²) in [4.78, 5) is 11.8. The Morgan fingerprint density at radius 1 is 1.33 bits per heavy atom. The van der Waals surface area contributed by atoms with E-state index in [0.29, 0.717) is 5.13 Å². The Kier molecular flexibility index (Phi) is 5.95. The largest absolute Gasteiger partial charge is 0.297 e. The molecule has 6 heteroatoms. The van der Waals surface area contributed by atoms with E-state index in [0.717, 1.165) is 22.1 Å². The summed E-state index contributed by atoms with van der Waals surface area (Å²) >= 11 is 3.06. The van der Waals surface area contributed by atoms with Gasteiger partial charge in [0.05, 0.1) is 0 Å². The van der Waals surface area contributed by atoms with Gasteiger partial charge in [0, 0.05) is 11.8 Å². The Bertz CT molecular complexity index is 620. The fraction of sp³-hybridized carbons (Fsp3) is 0.267. The number of nitrogens with zero attached hydrogens (tertiary/aromatic N) is 2. The molecule has 1 amide bonds. The van der Waals surface area contributed by atoms with Gasteiger partial charge in [0.2, 0.25) is 11.0 Å². The Morgan fingerprint density at radius 3 is 2.81 bits per heavy atom.